The molecule has 2 unspecified atom stereocenters. The Labute approximate surface area is 149 Å². The van der Waals surface area contributed by atoms with Crippen LogP contribution in [0.15, 0.2) is 0 Å². The Morgan fingerprint density at radius 3 is 1.38 bits per heavy atom. The highest BCUT2D eigenvalue weighted by atomic mass is 16.4. The predicted molar refractivity (Wildman–Crippen MR) is 100 cm³/mol. The molecule has 0 bridgehead atoms. The van der Waals surface area contributed by atoms with E-state index in [1.165, 1.54) is 70.6 Å². The van der Waals surface area contributed by atoms with Gasteiger partial charge in [-0.05, 0) is 6.42 Å². The zero-order valence-electron chi connectivity index (χ0n) is 15.9. The second-order valence-corrected chi connectivity index (χ2v) is 7.31. The lowest BCUT2D eigenvalue weighted by molar-refractivity contribution is -0.125. The topological polar surface area (TPSA) is 80.9 Å². The summed E-state index contributed by atoms with van der Waals surface area (Å²) in [5.41, 5.74) is -1.55. The van der Waals surface area contributed by atoms with Crippen molar-refractivity contribution in [3.63, 3.8) is 0 Å². The molecule has 0 radical (unpaired) electrons. The van der Waals surface area contributed by atoms with E-state index in [1.54, 1.807) is 0 Å². The highest BCUT2D eigenvalue weighted by Gasteiger charge is 2.33. The van der Waals surface area contributed by atoms with Crippen LogP contribution >= 0.6 is 0 Å². The van der Waals surface area contributed by atoms with Gasteiger partial charge < -0.3 is 20.4 Å². The van der Waals surface area contributed by atoms with Crippen LogP contribution in [-0.2, 0) is 0 Å². The Kier molecular flexibility index (Phi) is 16.2. The van der Waals surface area contributed by atoms with Crippen LogP contribution in [0, 0.1) is 0 Å². The Morgan fingerprint density at radius 1 is 0.667 bits per heavy atom. The summed E-state index contributed by atoms with van der Waals surface area (Å²) in [6.07, 6.45) is 16.8. The maximum atomic E-state index is 10.0. The number of aliphatic hydroxyl groups excluding tert-OH is 3. The summed E-state index contributed by atoms with van der Waals surface area (Å²) >= 11 is 0. The highest BCUT2D eigenvalue weighted by molar-refractivity contribution is 4.85. The maximum Gasteiger partial charge on any atom is 0.116 e. The van der Waals surface area contributed by atoms with E-state index in [2.05, 4.69) is 6.92 Å². The van der Waals surface area contributed by atoms with Crippen molar-refractivity contribution in [2.24, 2.45) is 0 Å². The standard InChI is InChI=1S/C20H42O4/c1-2-3-4-5-6-7-8-9-10-11-12-13-14-15-16-20(24,18-22)19(23)17-21/h19,21-24H,2-18H2,1H3. The zero-order valence-corrected chi connectivity index (χ0v) is 15.9. The number of hydrogen-bond donors (Lipinski definition) is 4. The van der Waals surface area contributed by atoms with Gasteiger partial charge in [0.15, 0.2) is 0 Å². The number of unbranched alkanes of at least 4 members (excludes halogenated alkanes) is 13. The Hall–Kier alpha value is -0.160. The fraction of sp³-hybridized carbons (Fsp3) is 1.00. The molecule has 0 aromatic rings. The molecule has 0 aliphatic heterocycles. The molecule has 4 heteroatoms. The van der Waals surface area contributed by atoms with Gasteiger partial charge in [-0.25, -0.2) is 0 Å². The van der Waals surface area contributed by atoms with Crippen LogP contribution in [0.25, 0.3) is 0 Å². The van der Waals surface area contributed by atoms with Crippen molar-refractivity contribution >= 4 is 0 Å². The molecule has 0 aliphatic rings. The first-order valence-electron chi connectivity index (χ1n) is 10.2. The van der Waals surface area contributed by atoms with E-state index < -0.39 is 24.9 Å². The molecule has 0 spiro atoms. The van der Waals surface area contributed by atoms with Crippen molar-refractivity contribution in [1.29, 1.82) is 0 Å². The summed E-state index contributed by atoms with van der Waals surface area (Å²) in [4.78, 5) is 0. The molecule has 2 atom stereocenters. The largest absolute Gasteiger partial charge is 0.394 e. The predicted octanol–water partition coefficient (Wildman–Crippen LogP) is 3.93. The molecule has 146 valence electrons. The Bertz CT molecular complexity index is 260. The fourth-order valence-electron chi connectivity index (χ4n) is 3.15. The van der Waals surface area contributed by atoms with Crippen molar-refractivity contribution in [2.75, 3.05) is 13.2 Å². The van der Waals surface area contributed by atoms with E-state index >= 15 is 0 Å². The number of aliphatic hydroxyl groups is 4. The quantitative estimate of drug-likeness (QED) is 0.283. The van der Waals surface area contributed by atoms with Crippen LogP contribution in [0.4, 0.5) is 0 Å². The minimum Gasteiger partial charge on any atom is -0.394 e. The molecule has 4 N–H and O–H groups in total. The first kappa shape index (κ1) is 23.8. The summed E-state index contributed by atoms with van der Waals surface area (Å²) in [6.45, 7) is 1.23. The van der Waals surface area contributed by atoms with E-state index in [9.17, 15) is 10.2 Å². The molecule has 0 saturated carbocycles. The molecule has 0 aromatic carbocycles. The third kappa shape index (κ3) is 12.2. The van der Waals surface area contributed by atoms with Crippen molar-refractivity contribution in [3.05, 3.63) is 0 Å². The second-order valence-electron chi connectivity index (χ2n) is 7.31. The minimum absolute atomic E-state index is 0.337. The van der Waals surface area contributed by atoms with Gasteiger partial charge in [-0.3, -0.25) is 0 Å². The molecule has 0 aromatic heterocycles. The maximum absolute atomic E-state index is 10.0. The van der Waals surface area contributed by atoms with E-state index in [-0.39, 0.29) is 0 Å². The lowest BCUT2D eigenvalue weighted by atomic mass is 9.91. The van der Waals surface area contributed by atoms with Gasteiger partial charge in [0, 0.05) is 0 Å². The molecular weight excluding hydrogens is 304 g/mol. The van der Waals surface area contributed by atoms with Gasteiger partial charge in [0.25, 0.3) is 0 Å². The van der Waals surface area contributed by atoms with E-state index in [1.807, 2.05) is 0 Å². The van der Waals surface area contributed by atoms with Crippen LogP contribution in [-0.4, -0.2) is 45.3 Å². The molecule has 0 saturated heterocycles. The lowest BCUT2D eigenvalue weighted by Crippen LogP contribution is -2.47. The number of hydrogen-bond acceptors (Lipinski definition) is 4. The third-order valence-corrected chi connectivity index (χ3v) is 5.03. The van der Waals surface area contributed by atoms with Crippen molar-refractivity contribution in [3.8, 4) is 0 Å². The first-order chi connectivity index (χ1) is 11.6. The van der Waals surface area contributed by atoms with E-state index in [4.69, 9.17) is 10.2 Å². The summed E-state index contributed by atoms with van der Waals surface area (Å²) in [7, 11) is 0. The molecule has 0 amide bonds. The molecule has 4 nitrogen and oxygen atoms in total. The third-order valence-electron chi connectivity index (χ3n) is 5.03. The summed E-state index contributed by atoms with van der Waals surface area (Å²) in [6, 6.07) is 0. The first-order valence-corrected chi connectivity index (χ1v) is 10.2. The second kappa shape index (κ2) is 16.3. The summed E-state index contributed by atoms with van der Waals surface area (Å²) in [5.74, 6) is 0. The van der Waals surface area contributed by atoms with Gasteiger partial charge in [0.2, 0.25) is 0 Å². The van der Waals surface area contributed by atoms with Crippen molar-refractivity contribution in [1.82, 2.24) is 0 Å². The van der Waals surface area contributed by atoms with Crippen LogP contribution in [0.3, 0.4) is 0 Å². The van der Waals surface area contributed by atoms with Crippen LogP contribution < -0.4 is 0 Å². The average molecular weight is 347 g/mol. The van der Waals surface area contributed by atoms with Gasteiger partial charge in [-0.2, -0.15) is 0 Å². The van der Waals surface area contributed by atoms with Gasteiger partial charge >= 0.3 is 0 Å². The van der Waals surface area contributed by atoms with Gasteiger partial charge in [-0.1, -0.05) is 96.8 Å². The average Bonchev–Trinajstić information content (AvgIpc) is 2.61. The molecule has 0 rings (SSSR count). The molecule has 0 fully saturated rings. The molecule has 0 aliphatic carbocycles. The Morgan fingerprint density at radius 2 is 1.04 bits per heavy atom. The van der Waals surface area contributed by atoms with Gasteiger partial charge in [0.05, 0.1) is 13.2 Å². The van der Waals surface area contributed by atoms with Crippen LogP contribution in [0.2, 0.25) is 0 Å². The van der Waals surface area contributed by atoms with Crippen molar-refractivity contribution < 1.29 is 20.4 Å². The van der Waals surface area contributed by atoms with Gasteiger partial charge in [-0.15, -0.1) is 0 Å². The summed E-state index contributed by atoms with van der Waals surface area (Å²) in [5, 5.41) is 37.6. The van der Waals surface area contributed by atoms with Gasteiger partial charge in [0.1, 0.15) is 11.7 Å². The number of rotatable bonds is 18. The Balaban J connectivity index is 3.33. The summed E-state index contributed by atoms with van der Waals surface area (Å²) < 4.78 is 0. The molecule has 24 heavy (non-hydrogen) atoms. The normalized spacial score (nSPS) is 15.4. The SMILES string of the molecule is CCCCCCCCCCCCCCCCC(O)(CO)C(O)CO. The smallest absolute Gasteiger partial charge is 0.116 e. The van der Waals surface area contributed by atoms with E-state index in [0.717, 1.165) is 19.3 Å². The monoisotopic (exact) mass is 346 g/mol. The highest BCUT2D eigenvalue weighted by Crippen LogP contribution is 2.20. The molecular formula is C20H42O4. The van der Waals surface area contributed by atoms with E-state index in [0.29, 0.717) is 6.42 Å². The minimum atomic E-state index is -1.55. The zero-order chi connectivity index (χ0) is 18.1. The van der Waals surface area contributed by atoms with Crippen molar-refractivity contribution in [2.45, 2.75) is 115 Å². The molecule has 0 heterocycles. The van der Waals surface area contributed by atoms with Crippen LogP contribution in [0.1, 0.15) is 103 Å². The van der Waals surface area contributed by atoms with Crippen LogP contribution in [0.5, 0.6) is 0 Å². The lowest BCUT2D eigenvalue weighted by Gasteiger charge is -2.30. The fourth-order valence-corrected chi connectivity index (χ4v) is 3.15.